The molecular formula is C27H50O4. The van der Waals surface area contributed by atoms with Crippen LogP contribution in [0.25, 0.3) is 0 Å². The summed E-state index contributed by atoms with van der Waals surface area (Å²) >= 11 is 0. The van der Waals surface area contributed by atoms with Gasteiger partial charge < -0.3 is 9.84 Å². The van der Waals surface area contributed by atoms with Gasteiger partial charge in [0.1, 0.15) is 0 Å². The highest BCUT2D eigenvalue weighted by Crippen LogP contribution is 2.15. The number of hydrogen-bond acceptors (Lipinski definition) is 3. The van der Waals surface area contributed by atoms with Crippen molar-refractivity contribution in [3.05, 3.63) is 12.2 Å². The van der Waals surface area contributed by atoms with Gasteiger partial charge in [0.15, 0.2) is 0 Å². The molecule has 0 aliphatic carbocycles. The highest BCUT2D eigenvalue weighted by atomic mass is 16.5. The van der Waals surface area contributed by atoms with Crippen LogP contribution in [0.1, 0.15) is 136 Å². The van der Waals surface area contributed by atoms with Crippen molar-refractivity contribution in [2.45, 2.75) is 136 Å². The fraction of sp³-hybridized carbons (Fsp3) is 0.852. The molecule has 0 radical (unpaired) electrons. The minimum absolute atomic E-state index is 0.196. The van der Waals surface area contributed by atoms with Crippen LogP contribution >= 0.6 is 0 Å². The molecule has 0 saturated carbocycles. The number of carbonyl (C=O) groups is 2. The van der Waals surface area contributed by atoms with Gasteiger partial charge in [0.2, 0.25) is 0 Å². The Labute approximate surface area is 192 Å². The third kappa shape index (κ3) is 21.7. The zero-order valence-electron chi connectivity index (χ0n) is 20.5. The van der Waals surface area contributed by atoms with E-state index in [0.717, 1.165) is 19.3 Å². The van der Waals surface area contributed by atoms with Crippen molar-refractivity contribution in [1.29, 1.82) is 0 Å². The number of carboxylic acids is 1. The Kier molecular flexibility index (Phi) is 22.4. The first kappa shape index (κ1) is 29.7. The van der Waals surface area contributed by atoms with Crippen LogP contribution in [0.4, 0.5) is 0 Å². The van der Waals surface area contributed by atoms with E-state index in [2.05, 4.69) is 6.92 Å². The lowest BCUT2D eigenvalue weighted by Crippen LogP contribution is -2.19. The second kappa shape index (κ2) is 23.3. The van der Waals surface area contributed by atoms with E-state index in [1.807, 2.05) is 13.0 Å². The smallest absolute Gasteiger partial charge is 0.313 e. The van der Waals surface area contributed by atoms with Gasteiger partial charge in [0.25, 0.3) is 0 Å². The number of hydrogen-bond donors (Lipinski definition) is 1. The van der Waals surface area contributed by atoms with Gasteiger partial charge in [-0.3, -0.25) is 9.59 Å². The van der Waals surface area contributed by atoms with Crippen molar-refractivity contribution in [3.8, 4) is 0 Å². The molecule has 0 heterocycles. The van der Waals surface area contributed by atoms with Crippen molar-refractivity contribution < 1.29 is 19.4 Å². The number of unbranched alkanes of at least 4 members (excludes halogenated alkanes) is 16. The Hall–Kier alpha value is -1.32. The average molecular weight is 439 g/mol. The summed E-state index contributed by atoms with van der Waals surface area (Å²) in [4.78, 5) is 22.9. The second-order valence-corrected chi connectivity index (χ2v) is 8.89. The molecule has 0 aromatic carbocycles. The largest absolute Gasteiger partial charge is 0.481 e. The maximum Gasteiger partial charge on any atom is 0.313 e. The van der Waals surface area contributed by atoms with Crippen molar-refractivity contribution in [3.63, 3.8) is 0 Å². The van der Waals surface area contributed by atoms with Gasteiger partial charge in [-0.05, 0) is 19.3 Å². The number of carbonyl (C=O) groups excluding carboxylic acids is 1. The molecule has 182 valence electrons. The standard InChI is InChI=1S/C27H50O4/c1-3-5-6-7-8-9-10-11-12-13-14-15-16-17-18-19-20-21-22-25(24-26(28)29)27(30)31-23-4-2/h21-22,25H,3-20,23-24H2,1-2H3,(H,28,29)/b22-21+. The molecule has 4 nitrogen and oxygen atoms in total. The number of esters is 1. The fourth-order valence-corrected chi connectivity index (χ4v) is 3.80. The topological polar surface area (TPSA) is 63.6 Å². The number of aliphatic carboxylic acids is 1. The van der Waals surface area contributed by atoms with E-state index in [0.29, 0.717) is 6.61 Å². The van der Waals surface area contributed by atoms with Gasteiger partial charge >= 0.3 is 11.9 Å². The second-order valence-electron chi connectivity index (χ2n) is 8.89. The zero-order chi connectivity index (χ0) is 23.0. The summed E-state index contributed by atoms with van der Waals surface area (Å²) in [7, 11) is 0. The lowest BCUT2D eigenvalue weighted by atomic mass is 10.0. The molecule has 1 atom stereocenters. The van der Waals surface area contributed by atoms with Gasteiger partial charge in [-0.1, -0.05) is 122 Å². The molecular weight excluding hydrogens is 388 g/mol. The van der Waals surface area contributed by atoms with E-state index in [4.69, 9.17) is 9.84 Å². The molecule has 0 aromatic rings. The Morgan fingerprint density at radius 3 is 1.58 bits per heavy atom. The van der Waals surface area contributed by atoms with E-state index in [9.17, 15) is 9.59 Å². The van der Waals surface area contributed by atoms with Crippen molar-refractivity contribution in [1.82, 2.24) is 0 Å². The third-order valence-corrected chi connectivity index (χ3v) is 5.74. The lowest BCUT2D eigenvalue weighted by Gasteiger charge is -2.09. The quantitative estimate of drug-likeness (QED) is 0.0991. The number of rotatable bonds is 23. The van der Waals surface area contributed by atoms with Crippen molar-refractivity contribution in [2.75, 3.05) is 6.61 Å². The SMILES string of the molecule is CCCCCCCCCCCCCCCCCC/C=C/C(CC(=O)O)C(=O)OCCC. The van der Waals surface area contributed by atoms with E-state index >= 15 is 0 Å². The summed E-state index contributed by atoms with van der Waals surface area (Å²) in [6.07, 6.45) is 26.8. The molecule has 4 heteroatoms. The fourth-order valence-electron chi connectivity index (χ4n) is 3.80. The van der Waals surface area contributed by atoms with Crippen LogP contribution in [0.2, 0.25) is 0 Å². The normalized spacial score (nSPS) is 12.3. The van der Waals surface area contributed by atoms with Crippen LogP contribution in [0.15, 0.2) is 12.2 Å². The maximum atomic E-state index is 11.9. The molecule has 0 fully saturated rings. The first-order valence-corrected chi connectivity index (χ1v) is 13.2. The molecule has 0 aliphatic heterocycles. The summed E-state index contributed by atoms with van der Waals surface area (Å²) in [6.45, 7) is 4.55. The van der Waals surface area contributed by atoms with Crippen LogP contribution in [0.5, 0.6) is 0 Å². The Bertz CT molecular complexity index is 445. The van der Waals surface area contributed by atoms with Gasteiger partial charge in [-0.15, -0.1) is 0 Å². The van der Waals surface area contributed by atoms with E-state index in [1.54, 1.807) is 6.08 Å². The summed E-state index contributed by atoms with van der Waals surface area (Å²) in [5.41, 5.74) is 0. The zero-order valence-corrected chi connectivity index (χ0v) is 20.5. The molecule has 0 aromatic heterocycles. The molecule has 0 saturated heterocycles. The number of allylic oxidation sites excluding steroid dienone is 1. The molecule has 0 bridgehead atoms. The van der Waals surface area contributed by atoms with Crippen LogP contribution in [0, 0.1) is 5.92 Å². The van der Waals surface area contributed by atoms with Gasteiger partial charge in [-0.2, -0.15) is 0 Å². The van der Waals surface area contributed by atoms with Crippen LogP contribution in [-0.2, 0) is 14.3 Å². The number of ether oxygens (including phenoxy) is 1. The van der Waals surface area contributed by atoms with E-state index in [1.165, 1.54) is 96.3 Å². The van der Waals surface area contributed by atoms with Gasteiger partial charge in [-0.25, -0.2) is 0 Å². The van der Waals surface area contributed by atoms with Crippen molar-refractivity contribution >= 4 is 11.9 Å². The highest BCUT2D eigenvalue weighted by molar-refractivity contribution is 5.80. The first-order valence-electron chi connectivity index (χ1n) is 13.2. The molecule has 0 spiro atoms. The summed E-state index contributed by atoms with van der Waals surface area (Å²) in [5, 5.41) is 8.97. The summed E-state index contributed by atoms with van der Waals surface area (Å²) in [6, 6.07) is 0. The molecule has 1 N–H and O–H groups in total. The lowest BCUT2D eigenvalue weighted by molar-refractivity contribution is -0.151. The molecule has 0 rings (SSSR count). The Balaban J connectivity index is 3.52. The van der Waals surface area contributed by atoms with E-state index < -0.39 is 17.9 Å². The summed E-state index contributed by atoms with van der Waals surface area (Å²) < 4.78 is 5.09. The maximum absolute atomic E-state index is 11.9. The molecule has 1 unspecified atom stereocenters. The van der Waals surface area contributed by atoms with Crippen molar-refractivity contribution in [2.24, 2.45) is 5.92 Å². The Morgan fingerprint density at radius 1 is 0.710 bits per heavy atom. The molecule has 0 aliphatic rings. The van der Waals surface area contributed by atoms with Crippen LogP contribution in [-0.4, -0.2) is 23.7 Å². The minimum Gasteiger partial charge on any atom is -0.481 e. The van der Waals surface area contributed by atoms with Crippen LogP contribution < -0.4 is 0 Å². The highest BCUT2D eigenvalue weighted by Gasteiger charge is 2.19. The summed E-state index contributed by atoms with van der Waals surface area (Å²) in [5.74, 6) is -2.05. The Morgan fingerprint density at radius 2 is 1.16 bits per heavy atom. The molecule has 0 amide bonds. The average Bonchev–Trinajstić information content (AvgIpc) is 2.75. The monoisotopic (exact) mass is 438 g/mol. The van der Waals surface area contributed by atoms with Gasteiger partial charge in [0, 0.05) is 0 Å². The predicted octanol–water partition coefficient (Wildman–Crippen LogP) is 8.24. The number of carboxylic acid groups (broad SMARTS) is 1. The van der Waals surface area contributed by atoms with Gasteiger partial charge in [0.05, 0.1) is 18.9 Å². The predicted molar refractivity (Wildman–Crippen MR) is 130 cm³/mol. The van der Waals surface area contributed by atoms with Crippen LogP contribution in [0.3, 0.4) is 0 Å². The third-order valence-electron chi connectivity index (χ3n) is 5.74. The minimum atomic E-state index is -0.967. The molecule has 31 heavy (non-hydrogen) atoms. The first-order chi connectivity index (χ1) is 15.1. The van der Waals surface area contributed by atoms with E-state index in [-0.39, 0.29) is 6.42 Å².